The molecular weight excluding hydrogens is 575 g/mol. The van der Waals surface area contributed by atoms with Crippen LogP contribution in [-0.4, -0.2) is 63.4 Å². The van der Waals surface area contributed by atoms with E-state index in [9.17, 15) is 30.9 Å². The highest BCUT2D eigenvalue weighted by Gasteiger charge is 2.46. The number of thioether (sulfide) groups is 1. The Balaban J connectivity index is 0.00000456. The van der Waals surface area contributed by atoms with Crippen LogP contribution in [0.2, 0.25) is 0 Å². The van der Waals surface area contributed by atoms with Crippen LogP contribution in [0.25, 0.3) is 11.2 Å². The van der Waals surface area contributed by atoms with Gasteiger partial charge in [-0.05, 0) is 30.5 Å². The monoisotopic (exact) mass is 595 g/mol. The second-order valence-corrected chi connectivity index (χ2v) is 12.4. The molecule has 36 heavy (non-hydrogen) atoms. The molecule has 17 heteroatoms. The minimum absolute atomic E-state index is 0. The Morgan fingerprint density at radius 1 is 1.03 bits per heavy atom. The van der Waals surface area contributed by atoms with Crippen molar-refractivity contribution < 1.29 is 35.6 Å². The van der Waals surface area contributed by atoms with Crippen LogP contribution in [-0.2, 0) is 15.8 Å². The molecule has 0 aliphatic rings. The zero-order chi connectivity index (χ0) is 25.9. The first-order valence-electron chi connectivity index (χ1n) is 9.85. The molecule has 3 aromatic rings. The summed E-state index contributed by atoms with van der Waals surface area (Å²) < 4.78 is 94.8. The minimum atomic E-state index is -5.01. The second-order valence-electron chi connectivity index (χ2n) is 7.42. The molecule has 2 aromatic heterocycles. The van der Waals surface area contributed by atoms with Gasteiger partial charge in [-0.1, -0.05) is 11.8 Å². The van der Waals surface area contributed by atoms with Gasteiger partial charge in [0.25, 0.3) is 0 Å². The first kappa shape index (κ1) is 30.6. The molecule has 0 amide bonds. The topological polar surface area (TPSA) is 95.9 Å². The number of benzene rings is 1. The Hall–Kier alpha value is -1.67. The average molecular weight is 596 g/mol. The maximum atomic E-state index is 12.7. The lowest BCUT2D eigenvalue weighted by atomic mass is 10.4. The first-order chi connectivity index (χ1) is 16.3. The van der Waals surface area contributed by atoms with E-state index in [0.717, 1.165) is 9.79 Å². The molecule has 200 valence electrons. The van der Waals surface area contributed by atoms with E-state index in [4.69, 9.17) is 10.5 Å². The fourth-order valence-corrected chi connectivity index (χ4v) is 6.47. The van der Waals surface area contributed by atoms with Gasteiger partial charge in [0.05, 0.1) is 25.3 Å². The summed E-state index contributed by atoms with van der Waals surface area (Å²) in [6, 6.07) is 7.71. The molecule has 0 fully saturated rings. The Kier molecular flexibility index (Phi) is 10.4. The number of hydrogen-bond acceptors (Lipinski definition) is 8. The van der Waals surface area contributed by atoms with E-state index >= 15 is 0 Å². The molecule has 2 N–H and O–H groups in total. The van der Waals surface area contributed by atoms with Crippen LogP contribution in [0.15, 0.2) is 45.4 Å². The number of imidazole rings is 1. The van der Waals surface area contributed by atoms with Gasteiger partial charge in [0.2, 0.25) is 5.95 Å². The molecular formula is C19H21ClF6N5O2PS2. The van der Waals surface area contributed by atoms with E-state index in [1.165, 1.54) is 22.7 Å². The summed E-state index contributed by atoms with van der Waals surface area (Å²) in [5, 5.41) is 0.476. The predicted octanol–water partition coefficient (Wildman–Crippen LogP) is 6.17. The van der Waals surface area contributed by atoms with Gasteiger partial charge >= 0.3 is 12.4 Å². The number of halogens is 7. The highest BCUT2D eigenvalue weighted by atomic mass is 35.5. The molecule has 0 saturated heterocycles. The molecule has 1 aromatic carbocycles. The van der Waals surface area contributed by atoms with Crippen molar-refractivity contribution >= 4 is 60.2 Å². The van der Waals surface area contributed by atoms with Gasteiger partial charge in [0.1, 0.15) is 24.0 Å². The fourth-order valence-electron chi connectivity index (χ4n) is 3.12. The number of nitrogens with two attached hydrogens (primary N) is 1. The van der Waals surface area contributed by atoms with Crippen LogP contribution in [0.1, 0.15) is 0 Å². The predicted molar refractivity (Wildman–Crippen MR) is 130 cm³/mol. The molecule has 3 rings (SSSR count). The average Bonchev–Trinajstić information content (AvgIpc) is 3.12. The molecule has 0 unspecified atom stereocenters. The highest BCUT2D eigenvalue weighted by Crippen LogP contribution is 2.53. The lowest BCUT2D eigenvalue weighted by molar-refractivity contribution is -0.113. The van der Waals surface area contributed by atoms with Crippen LogP contribution < -0.4 is 5.73 Å². The quantitative estimate of drug-likeness (QED) is 0.0978. The van der Waals surface area contributed by atoms with Crippen molar-refractivity contribution in [1.82, 2.24) is 19.5 Å². The van der Waals surface area contributed by atoms with Crippen molar-refractivity contribution in [1.29, 1.82) is 0 Å². The van der Waals surface area contributed by atoms with Gasteiger partial charge in [-0.2, -0.15) is 31.3 Å². The smallest absolute Gasteiger partial charge is 0.372 e. The zero-order valence-corrected chi connectivity index (χ0v) is 21.9. The van der Waals surface area contributed by atoms with Gasteiger partial charge in [-0.3, -0.25) is 0 Å². The molecule has 0 aliphatic heterocycles. The maximum absolute atomic E-state index is 12.7. The molecule has 2 heterocycles. The number of fused-ring (bicyclic) bond motifs is 1. The van der Waals surface area contributed by atoms with Crippen molar-refractivity contribution in [3.05, 3.63) is 30.6 Å². The van der Waals surface area contributed by atoms with E-state index in [-0.39, 0.29) is 31.5 Å². The number of ether oxygens (including phenoxy) is 1. The van der Waals surface area contributed by atoms with Crippen LogP contribution in [0, 0.1) is 0 Å². The number of rotatable bonds is 10. The SMILES string of the molecule is CSc1ccc(Sc2nc(N)nc3c2ncn3CCOCP(=O)(CC(F)(F)F)CC(F)(F)F)cc1.Cl. The summed E-state index contributed by atoms with van der Waals surface area (Å²) in [5.74, 6) is -0.0387. The van der Waals surface area contributed by atoms with Gasteiger partial charge in [-0.15, -0.1) is 24.2 Å². The molecule has 0 radical (unpaired) electrons. The van der Waals surface area contributed by atoms with Crippen LogP contribution in [0.5, 0.6) is 0 Å². The van der Waals surface area contributed by atoms with E-state index in [1.54, 1.807) is 11.8 Å². The third-order valence-electron chi connectivity index (χ3n) is 4.46. The Morgan fingerprint density at radius 2 is 1.61 bits per heavy atom. The van der Waals surface area contributed by atoms with Crippen LogP contribution in [0.3, 0.4) is 0 Å². The van der Waals surface area contributed by atoms with E-state index in [0.29, 0.717) is 16.2 Å². The zero-order valence-electron chi connectivity index (χ0n) is 18.5. The summed E-state index contributed by atoms with van der Waals surface area (Å²) in [7, 11) is -4.73. The molecule has 0 bridgehead atoms. The van der Waals surface area contributed by atoms with Crippen molar-refractivity contribution in [2.45, 2.75) is 33.7 Å². The Bertz CT molecular complexity index is 1190. The highest BCUT2D eigenvalue weighted by molar-refractivity contribution is 7.99. The Labute approximate surface area is 216 Å². The van der Waals surface area contributed by atoms with Gasteiger partial charge in [0.15, 0.2) is 5.65 Å². The fraction of sp³-hybridized carbons (Fsp3) is 0.421. The molecule has 0 aliphatic carbocycles. The second kappa shape index (κ2) is 12.2. The van der Waals surface area contributed by atoms with E-state index < -0.39 is 38.2 Å². The van der Waals surface area contributed by atoms with Crippen LogP contribution >= 0.6 is 43.1 Å². The largest absolute Gasteiger partial charge is 0.395 e. The van der Waals surface area contributed by atoms with Crippen molar-refractivity contribution in [3.8, 4) is 0 Å². The maximum Gasteiger partial charge on any atom is 0.395 e. The van der Waals surface area contributed by atoms with Crippen molar-refractivity contribution in [2.75, 3.05) is 37.3 Å². The number of anilines is 1. The van der Waals surface area contributed by atoms with Crippen LogP contribution in [0.4, 0.5) is 32.3 Å². The van der Waals surface area contributed by atoms with E-state index in [2.05, 4.69) is 15.0 Å². The lowest BCUT2D eigenvalue weighted by Gasteiger charge is -2.21. The number of alkyl halides is 6. The molecule has 7 nitrogen and oxygen atoms in total. The summed E-state index contributed by atoms with van der Waals surface area (Å²) in [4.78, 5) is 14.6. The third kappa shape index (κ3) is 9.02. The standard InChI is InChI=1S/C19H20F6N5O2PS2.ClH/c1-34-12-2-4-13(5-3-12)35-16-14-15(28-17(26)29-16)30(10-27-14)6-7-32-11-33(31,8-18(20,21)22)9-19(23,24)25;/h2-5,10H,6-9,11H2,1H3,(H2,26,28,29);1H. The normalized spacial score (nSPS) is 12.6. The van der Waals surface area contributed by atoms with Gasteiger partial charge in [-0.25, -0.2) is 9.97 Å². The number of aromatic nitrogens is 4. The van der Waals surface area contributed by atoms with Gasteiger partial charge in [0, 0.05) is 16.3 Å². The first-order valence-corrected chi connectivity index (χ1v) is 14.2. The summed E-state index contributed by atoms with van der Waals surface area (Å²) in [5.41, 5.74) is 6.55. The number of nitrogen functional groups attached to an aromatic ring is 1. The molecule has 0 saturated carbocycles. The summed E-state index contributed by atoms with van der Waals surface area (Å²) in [6.45, 7) is -0.328. The van der Waals surface area contributed by atoms with E-state index in [1.807, 2.05) is 30.5 Å². The van der Waals surface area contributed by atoms with Crippen molar-refractivity contribution in [3.63, 3.8) is 0 Å². The number of hydrogen-bond donors (Lipinski definition) is 1. The minimum Gasteiger partial charge on any atom is -0.372 e. The van der Waals surface area contributed by atoms with Crippen molar-refractivity contribution in [2.24, 2.45) is 0 Å². The Morgan fingerprint density at radius 3 is 2.17 bits per heavy atom. The van der Waals surface area contributed by atoms with Gasteiger partial charge < -0.3 is 19.6 Å². The third-order valence-corrected chi connectivity index (χ3v) is 8.71. The lowest BCUT2D eigenvalue weighted by Crippen LogP contribution is -2.24. The molecule has 0 atom stereocenters. The summed E-state index contributed by atoms with van der Waals surface area (Å²) in [6.07, 6.45) is -11.9. The molecule has 0 spiro atoms. The summed E-state index contributed by atoms with van der Waals surface area (Å²) >= 11 is 2.91. The number of nitrogens with zero attached hydrogens (tertiary/aromatic N) is 4.